The fourth-order valence-corrected chi connectivity index (χ4v) is 11.0. The maximum Gasteiger partial charge on any atom is 0.0726 e. The maximum absolute atomic E-state index is 2.51. The van der Waals surface area contributed by atoms with Crippen molar-refractivity contribution in [3.63, 3.8) is 0 Å². The molecule has 0 bridgehead atoms. The van der Waals surface area contributed by atoms with E-state index >= 15 is 0 Å². The Morgan fingerprint density at radius 3 is 1.40 bits per heavy atom. The zero-order chi connectivity index (χ0) is 39.4. The fourth-order valence-electron chi connectivity index (χ4n) is 11.0. The van der Waals surface area contributed by atoms with Crippen LogP contribution in [0, 0.1) is 0 Å². The normalized spacial score (nSPS) is 13.1. The predicted molar refractivity (Wildman–Crippen MR) is 253 cm³/mol. The summed E-state index contributed by atoms with van der Waals surface area (Å²) in [6.07, 6.45) is 0. The highest BCUT2D eigenvalue weighted by Gasteiger charge is 2.52. The Hall–Kier alpha value is -7.74. The lowest BCUT2D eigenvalue weighted by atomic mass is 9.70. The molecule has 2 aliphatic rings. The third kappa shape index (κ3) is 4.47. The first-order valence-corrected chi connectivity index (χ1v) is 20.9. The highest BCUT2D eigenvalue weighted by atomic mass is 15.1. The Kier molecular flexibility index (Phi) is 7.00. The zero-order valence-electron chi connectivity index (χ0n) is 32.8. The molecule has 0 aromatic heterocycles. The second-order valence-electron chi connectivity index (χ2n) is 16.3. The van der Waals surface area contributed by atoms with Crippen molar-refractivity contribution in [2.45, 2.75) is 5.41 Å². The molecule has 0 saturated carbocycles. The van der Waals surface area contributed by atoms with Crippen LogP contribution in [-0.4, -0.2) is 0 Å². The first-order valence-electron chi connectivity index (χ1n) is 20.9. The predicted octanol–water partition coefficient (Wildman–Crippen LogP) is 15.8. The Balaban J connectivity index is 1.10. The number of anilines is 3. The van der Waals surface area contributed by atoms with Gasteiger partial charge in [-0.3, -0.25) is 0 Å². The van der Waals surface area contributed by atoms with Gasteiger partial charge in [-0.2, -0.15) is 0 Å². The lowest BCUT2D eigenvalue weighted by Crippen LogP contribution is -2.26. The number of rotatable bonds is 4. The lowest BCUT2D eigenvalue weighted by Gasteiger charge is -2.32. The molecule has 0 N–H and O–H groups in total. The van der Waals surface area contributed by atoms with Crippen molar-refractivity contribution in [2.75, 3.05) is 4.90 Å². The number of nitrogens with zero attached hydrogens (tertiary/aromatic N) is 1. The average molecular weight is 760 g/mol. The smallest absolute Gasteiger partial charge is 0.0726 e. The summed E-state index contributed by atoms with van der Waals surface area (Å²) < 4.78 is 0. The third-order valence-electron chi connectivity index (χ3n) is 13.5. The van der Waals surface area contributed by atoms with Crippen LogP contribution in [0.15, 0.2) is 224 Å². The molecule has 0 saturated heterocycles. The van der Waals surface area contributed by atoms with E-state index in [1.165, 1.54) is 104 Å². The van der Waals surface area contributed by atoms with E-state index in [9.17, 15) is 0 Å². The fraction of sp³-hybridized carbons (Fsp3) is 0.0169. The van der Waals surface area contributed by atoms with Gasteiger partial charge in [0.15, 0.2) is 0 Å². The molecule has 1 heteroatoms. The van der Waals surface area contributed by atoms with Gasteiger partial charge >= 0.3 is 0 Å². The molecule has 0 atom stereocenters. The molecule has 0 fully saturated rings. The molecule has 11 aromatic carbocycles. The minimum atomic E-state index is -0.433. The number of hydrogen-bond acceptors (Lipinski definition) is 1. The van der Waals surface area contributed by atoms with Crippen LogP contribution in [0.3, 0.4) is 0 Å². The van der Waals surface area contributed by atoms with Crippen molar-refractivity contribution in [1.82, 2.24) is 0 Å². The van der Waals surface area contributed by atoms with Crippen molar-refractivity contribution in [1.29, 1.82) is 0 Å². The van der Waals surface area contributed by atoms with E-state index in [0.717, 1.165) is 11.4 Å². The lowest BCUT2D eigenvalue weighted by molar-refractivity contribution is 0.794. The van der Waals surface area contributed by atoms with Crippen molar-refractivity contribution < 1.29 is 0 Å². The minimum absolute atomic E-state index is 0.433. The molecular formula is C59H37N. The van der Waals surface area contributed by atoms with Crippen molar-refractivity contribution in [3.05, 3.63) is 247 Å². The van der Waals surface area contributed by atoms with Crippen LogP contribution >= 0.6 is 0 Å². The van der Waals surface area contributed by atoms with Gasteiger partial charge in [0.1, 0.15) is 0 Å². The van der Waals surface area contributed by atoms with Crippen LogP contribution in [0.2, 0.25) is 0 Å². The van der Waals surface area contributed by atoms with Crippen LogP contribution in [0.25, 0.3) is 76.5 Å². The molecule has 0 radical (unpaired) electrons. The summed E-state index contributed by atoms with van der Waals surface area (Å²) in [5.41, 5.74) is 16.0. The van der Waals surface area contributed by atoms with Gasteiger partial charge in [0.25, 0.3) is 0 Å². The first kappa shape index (κ1) is 33.3. The molecule has 2 aliphatic carbocycles. The van der Waals surface area contributed by atoms with Gasteiger partial charge in [0.05, 0.1) is 11.1 Å². The standard InChI is InChI=1S/C59H37N/c1-2-17-42-38(15-1)16-13-25-43(42)39-31-33-40(34-32-39)60(41-35-36-48-46-20-4-3-18-44(46)45-19-5-6-21-47(45)52(48)37-41)57-30-14-29-56-58(57)51-24-9-12-28-55(51)59(56)53-26-10-7-22-49(53)50-23-8-11-27-54(50)59/h1-37H. The monoisotopic (exact) mass is 759 g/mol. The molecule has 1 spiro atoms. The van der Waals surface area contributed by atoms with E-state index in [-0.39, 0.29) is 0 Å². The van der Waals surface area contributed by atoms with Gasteiger partial charge in [-0.15, -0.1) is 0 Å². The summed E-state index contributed by atoms with van der Waals surface area (Å²) in [7, 11) is 0. The van der Waals surface area contributed by atoms with Crippen LogP contribution < -0.4 is 4.90 Å². The molecule has 0 heterocycles. The summed E-state index contributed by atoms with van der Waals surface area (Å²) >= 11 is 0. The molecule has 11 aromatic rings. The summed E-state index contributed by atoms with van der Waals surface area (Å²) in [4.78, 5) is 2.51. The van der Waals surface area contributed by atoms with Crippen LogP contribution in [0.1, 0.15) is 22.3 Å². The zero-order valence-corrected chi connectivity index (χ0v) is 32.8. The molecular weight excluding hydrogens is 723 g/mol. The summed E-state index contributed by atoms with van der Waals surface area (Å²) in [6, 6.07) is 83.6. The van der Waals surface area contributed by atoms with Gasteiger partial charge in [-0.05, 0) is 123 Å². The Labute approximate surface area is 349 Å². The SMILES string of the molecule is c1ccc2c(c1)-c1ccccc1C21c2ccccc2-c2c(N(c3ccc(-c4cccc5ccccc45)cc3)c3ccc4c5ccccc5c5ccccc5c4c3)cccc21. The van der Waals surface area contributed by atoms with Gasteiger partial charge in [0, 0.05) is 16.9 Å². The maximum atomic E-state index is 2.51. The second-order valence-corrected chi connectivity index (χ2v) is 16.3. The van der Waals surface area contributed by atoms with Crippen molar-refractivity contribution in [2.24, 2.45) is 0 Å². The molecule has 60 heavy (non-hydrogen) atoms. The summed E-state index contributed by atoms with van der Waals surface area (Å²) in [5.74, 6) is 0. The van der Waals surface area contributed by atoms with Gasteiger partial charge in [0.2, 0.25) is 0 Å². The van der Waals surface area contributed by atoms with E-state index in [0.29, 0.717) is 0 Å². The quantitative estimate of drug-likeness (QED) is 0.162. The minimum Gasteiger partial charge on any atom is -0.310 e. The highest BCUT2D eigenvalue weighted by molar-refractivity contribution is 6.26. The largest absolute Gasteiger partial charge is 0.310 e. The molecule has 0 unspecified atom stereocenters. The second kappa shape index (κ2) is 12.6. The Bertz CT molecular complexity index is 3470. The number of hydrogen-bond donors (Lipinski definition) is 0. The van der Waals surface area contributed by atoms with E-state index in [1.807, 2.05) is 0 Å². The average Bonchev–Trinajstić information content (AvgIpc) is 3.80. The Morgan fingerprint density at radius 2 is 0.733 bits per heavy atom. The molecule has 1 nitrogen and oxygen atoms in total. The topological polar surface area (TPSA) is 3.24 Å². The molecule has 0 amide bonds. The molecule has 278 valence electrons. The number of fused-ring (bicyclic) bond motifs is 17. The van der Waals surface area contributed by atoms with Gasteiger partial charge in [-0.1, -0.05) is 194 Å². The van der Waals surface area contributed by atoms with Crippen LogP contribution in [0.5, 0.6) is 0 Å². The van der Waals surface area contributed by atoms with E-state index in [4.69, 9.17) is 0 Å². The van der Waals surface area contributed by atoms with E-state index in [1.54, 1.807) is 0 Å². The van der Waals surface area contributed by atoms with Crippen molar-refractivity contribution >= 4 is 60.2 Å². The highest BCUT2D eigenvalue weighted by Crippen LogP contribution is 2.64. The molecule has 0 aliphatic heterocycles. The third-order valence-corrected chi connectivity index (χ3v) is 13.5. The van der Waals surface area contributed by atoms with Crippen LogP contribution in [0.4, 0.5) is 17.1 Å². The Morgan fingerprint density at radius 1 is 0.283 bits per heavy atom. The molecule has 13 rings (SSSR count). The first-order chi connectivity index (χ1) is 29.8. The van der Waals surface area contributed by atoms with Gasteiger partial charge < -0.3 is 4.90 Å². The van der Waals surface area contributed by atoms with Crippen LogP contribution in [-0.2, 0) is 5.41 Å². The van der Waals surface area contributed by atoms with Crippen molar-refractivity contribution in [3.8, 4) is 33.4 Å². The van der Waals surface area contributed by atoms with Gasteiger partial charge in [-0.25, -0.2) is 0 Å². The summed E-state index contributed by atoms with van der Waals surface area (Å²) in [6.45, 7) is 0. The summed E-state index contributed by atoms with van der Waals surface area (Å²) in [5, 5.41) is 10.1. The van der Waals surface area contributed by atoms with E-state index in [2.05, 4.69) is 229 Å². The number of benzene rings is 11. The van der Waals surface area contributed by atoms with E-state index < -0.39 is 5.41 Å².